The minimum atomic E-state index is 0.629. The predicted molar refractivity (Wildman–Crippen MR) is 266 cm³/mol. The molecule has 0 N–H and O–H groups in total. The Kier molecular flexibility index (Phi) is 7.67. The topological polar surface area (TPSA) is 22.2 Å². The maximum atomic E-state index is 7.81. The highest BCUT2D eigenvalue weighted by atomic mass is 15.0. The summed E-state index contributed by atoms with van der Waals surface area (Å²) < 4.78 is 2.29. The van der Waals surface area contributed by atoms with Crippen molar-refractivity contribution in [1.29, 1.82) is 0 Å². The second-order valence-electron chi connectivity index (χ2n) is 16.5. The van der Waals surface area contributed by atoms with Crippen molar-refractivity contribution in [3.05, 3.63) is 224 Å². The Morgan fingerprint density at radius 1 is 0.381 bits per heavy atom. The first-order chi connectivity index (χ1) is 31.2. The van der Waals surface area contributed by atoms with Crippen LogP contribution >= 0.6 is 0 Å². The molecular formula is C60H35N3. The molecule has 2 heterocycles. The van der Waals surface area contributed by atoms with Crippen LogP contribution in [0.1, 0.15) is 0 Å². The highest BCUT2D eigenvalue weighted by molar-refractivity contribution is 6.31. The van der Waals surface area contributed by atoms with Crippen molar-refractivity contribution in [3.8, 4) is 39.2 Å². The molecule has 0 spiro atoms. The third-order valence-corrected chi connectivity index (χ3v) is 13.1. The van der Waals surface area contributed by atoms with Gasteiger partial charge in [0.25, 0.3) is 0 Å². The molecule has 290 valence electrons. The minimum absolute atomic E-state index is 0.629. The normalized spacial score (nSPS) is 11.8. The second kappa shape index (κ2) is 13.7. The van der Waals surface area contributed by atoms with Gasteiger partial charge in [-0.3, -0.25) is 0 Å². The lowest BCUT2D eigenvalue weighted by molar-refractivity contribution is 1.18. The van der Waals surface area contributed by atoms with Crippen LogP contribution in [0.4, 0.5) is 5.69 Å². The van der Waals surface area contributed by atoms with Gasteiger partial charge in [0.05, 0.1) is 23.3 Å². The van der Waals surface area contributed by atoms with Crippen molar-refractivity contribution in [2.24, 2.45) is 0 Å². The third kappa shape index (κ3) is 5.22. The molecule has 3 heteroatoms. The summed E-state index contributed by atoms with van der Waals surface area (Å²) in [5.74, 6) is 0. The van der Waals surface area contributed by atoms with Crippen LogP contribution in [0.3, 0.4) is 0 Å². The fraction of sp³-hybridized carbons (Fsp3) is 0. The average molecular weight is 798 g/mol. The predicted octanol–water partition coefficient (Wildman–Crippen LogP) is 16.6. The summed E-state index contributed by atoms with van der Waals surface area (Å²) in [5, 5.41) is 15.4. The van der Waals surface area contributed by atoms with Crippen LogP contribution in [0.15, 0.2) is 212 Å². The summed E-state index contributed by atoms with van der Waals surface area (Å²) in [7, 11) is 0. The lowest BCUT2D eigenvalue weighted by Gasteiger charge is -2.21. The molecule has 13 aromatic rings. The first-order valence-corrected chi connectivity index (χ1v) is 21.4. The zero-order chi connectivity index (χ0) is 41.6. The molecule has 2 aromatic heterocycles. The quantitative estimate of drug-likeness (QED) is 0.0988. The lowest BCUT2D eigenvalue weighted by Crippen LogP contribution is -1.95. The highest BCUT2D eigenvalue weighted by Gasteiger charge is 2.23. The first-order valence-electron chi connectivity index (χ1n) is 21.4. The van der Waals surface area contributed by atoms with Gasteiger partial charge in [-0.25, -0.2) is 9.83 Å². The molecule has 63 heavy (non-hydrogen) atoms. The Morgan fingerprint density at radius 3 is 1.70 bits per heavy atom. The van der Waals surface area contributed by atoms with E-state index in [-0.39, 0.29) is 0 Å². The Morgan fingerprint density at radius 2 is 0.984 bits per heavy atom. The molecule has 0 saturated heterocycles. The summed E-state index contributed by atoms with van der Waals surface area (Å²) in [6, 6.07) is 76.4. The van der Waals surface area contributed by atoms with Crippen molar-refractivity contribution < 1.29 is 0 Å². The van der Waals surface area contributed by atoms with Gasteiger partial charge in [0.1, 0.15) is 0 Å². The maximum absolute atomic E-state index is 7.81. The number of nitrogens with zero attached hydrogens (tertiary/aromatic N) is 3. The van der Waals surface area contributed by atoms with Gasteiger partial charge in [-0.2, -0.15) is 0 Å². The lowest BCUT2D eigenvalue weighted by atomic mass is 9.83. The van der Waals surface area contributed by atoms with Crippen LogP contribution in [0.2, 0.25) is 0 Å². The van der Waals surface area contributed by atoms with E-state index in [1.165, 1.54) is 59.8 Å². The Balaban J connectivity index is 1.13. The molecule has 0 aliphatic heterocycles. The second-order valence-corrected chi connectivity index (χ2v) is 16.5. The summed E-state index contributed by atoms with van der Waals surface area (Å²) in [5.41, 5.74) is 11.7. The van der Waals surface area contributed by atoms with Crippen molar-refractivity contribution in [2.75, 3.05) is 0 Å². The van der Waals surface area contributed by atoms with Crippen molar-refractivity contribution in [2.45, 2.75) is 0 Å². The van der Waals surface area contributed by atoms with Crippen LogP contribution in [0, 0.1) is 6.57 Å². The Labute approximate surface area is 363 Å². The van der Waals surface area contributed by atoms with Crippen LogP contribution in [0.5, 0.6) is 0 Å². The molecule has 0 radical (unpaired) electrons. The summed E-state index contributed by atoms with van der Waals surface area (Å²) >= 11 is 0. The fourth-order valence-corrected chi connectivity index (χ4v) is 10.4. The van der Waals surface area contributed by atoms with E-state index in [0.717, 1.165) is 66.0 Å². The van der Waals surface area contributed by atoms with Gasteiger partial charge in [-0.15, -0.1) is 0 Å². The number of fused-ring (bicyclic) bond motifs is 12. The number of para-hydroxylation sites is 1. The van der Waals surface area contributed by atoms with E-state index < -0.39 is 0 Å². The van der Waals surface area contributed by atoms with E-state index in [4.69, 9.17) is 11.6 Å². The molecule has 11 aromatic carbocycles. The largest absolute Gasteiger partial charge is 0.311 e. The third-order valence-electron chi connectivity index (χ3n) is 13.1. The minimum Gasteiger partial charge on any atom is -0.311 e. The molecule has 0 aliphatic carbocycles. The number of benzene rings is 11. The molecule has 0 bridgehead atoms. The molecule has 0 fully saturated rings. The molecule has 0 atom stereocenters. The van der Waals surface area contributed by atoms with Gasteiger partial charge in [-0.05, 0) is 96.4 Å². The number of hydrogen-bond acceptors (Lipinski definition) is 1. The molecule has 0 aliphatic rings. The zero-order valence-electron chi connectivity index (χ0n) is 34.0. The van der Waals surface area contributed by atoms with Crippen LogP contribution < -0.4 is 0 Å². The van der Waals surface area contributed by atoms with Crippen LogP contribution in [-0.4, -0.2) is 9.55 Å². The van der Waals surface area contributed by atoms with E-state index in [1.54, 1.807) is 0 Å². The van der Waals surface area contributed by atoms with Crippen molar-refractivity contribution >= 4 is 92.3 Å². The van der Waals surface area contributed by atoms with Gasteiger partial charge < -0.3 is 4.57 Å². The van der Waals surface area contributed by atoms with Gasteiger partial charge in [-0.1, -0.05) is 176 Å². The summed E-state index contributed by atoms with van der Waals surface area (Å²) in [4.78, 5) is 9.39. The molecular weight excluding hydrogens is 763 g/mol. The Bertz CT molecular complexity index is 4020. The molecule has 0 amide bonds. The SMILES string of the molecule is [C-]#[N+]c1ccc2c3cc(-c4c5ccccc5c(-c5cc6c(-c7ccccc7)nc7c8ccccc8ccc7c6c6ccccc56)c5ccccc45)ccc3n(-c3ccccc3)c2c1. The Hall–Kier alpha value is -8.58. The maximum Gasteiger partial charge on any atom is 0.189 e. The standard InChI is InChI=1S/C60H35N3/c1-61-40-30-32-44-51-34-39(29-33-54(51)63(55(44)35-40)41-19-6-3-7-20-41)56-46-24-12-14-26-48(46)57(49-27-15-13-25-47(49)56)52-36-53-58(45-23-11-10-22-43(45)52)50-31-28-37-16-8-9-21-42(37)60(50)62-59(53)38-17-4-2-5-18-38/h2-36H. The number of pyridine rings is 1. The van der Waals surface area contributed by atoms with E-state index in [9.17, 15) is 0 Å². The van der Waals surface area contributed by atoms with Gasteiger partial charge >= 0.3 is 0 Å². The van der Waals surface area contributed by atoms with Crippen molar-refractivity contribution in [3.63, 3.8) is 0 Å². The van der Waals surface area contributed by atoms with Crippen LogP contribution in [-0.2, 0) is 0 Å². The molecule has 0 saturated carbocycles. The summed E-state index contributed by atoms with van der Waals surface area (Å²) in [6.07, 6.45) is 0. The monoisotopic (exact) mass is 797 g/mol. The molecule has 0 unspecified atom stereocenters. The molecule has 3 nitrogen and oxygen atoms in total. The summed E-state index contributed by atoms with van der Waals surface area (Å²) in [6.45, 7) is 7.81. The fourth-order valence-electron chi connectivity index (χ4n) is 10.4. The van der Waals surface area contributed by atoms with E-state index >= 15 is 0 Å². The van der Waals surface area contributed by atoms with E-state index in [2.05, 4.69) is 204 Å². The number of rotatable bonds is 4. The van der Waals surface area contributed by atoms with Crippen molar-refractivity contribution in [1.82, 2.24) is 9.55 Å². The number of hydrogen-bond donors (Lipinski definition) is 0. The van der Waals surface area contributed by atoms with Crippen LogP contribution in [0.25, 0.3) is 131 Å². The van der Waals surface area contributed by atoms with Gasteiger partial charge in [0, 0.05) is 49.1 Å². The zero-order valence-corrected chi connectivity index (χ0v) is 34.0. The first kappa shape index (κ1) is 35.2. The van der Waals surface area contributed by atoms with E-state index in [0.29, 0.717) is 5.69 Å². The molecule has 13 rings (SSSR count). The smallest absolute Gasteiger partial charge is 0.189 e. The average Bonchev–Trinajstić information content (AvgIpc) is 3.68. The van der Waals surface area contributed by atoms with Gasteiger partial charge in [0.2, 0.25) is 0 Å². The van der Waals surface area contributed by atoms with E-state index in [1.807, 2.05) is 18.2 Å². The van der Waals surface area contributed by atoms with Gasteiger partial charge in [0.15, 0.2) is 5.69 Å². The highest BCUT2D eigenvalue weighted by Crippen LogP contribution is 2.49. The number of aromatic nitrogens is 2.